The van der Waals surface area contributed by atoms with Crippen molar-refractivity contribution in [3.8, 4) is 11.1 Å². The summed E-state index contributed by atoms with van der Waals surface area (Å²) in [4.78, 5) is 37.4. The van der Waals surface area contributed by atoms with Crippen LogP contribution in [0, 0.1) is 0 Å². The van der Waals surface area contributed by atoms with E-state index in [0.29, 0.717) is 0 Å². The SMILES string of the molecule is Nc1cc(-c2cc(N)c(N)c(P(=O)(O)O)c2)cc(P(=O)(O)O)c1N. The molecule has 0 aliphatic heterocycles. The van der Waals surface area contributed by atoms with Crippen LogP contribution in [0.25, 0.3) is 11.1 Å². The summed E-state index contributed by atoms with van der Waals surface area (Å²) in [6.45, 7) is 0. The van der Waals surface area contributed by atoms with Crippen LogP contribution < -0.4 is 33.5 Å². The van der Waals surface area contributed by atoms with Gasteiger partial charge in [0, 0.05) is 0 Å². The third kappa shape index (κ3) is 3.39. The Labute approximate surface area is 136 Å². The second-order valence-corrected chi connectivity index (χ2v) is 8.22. The van der Waals surface area contributed by atoms with E-state index >= 15 is 0 Å². The summed E-state index contributed by atoms with van der Waals surface area (Å²) in [7, 11) is -9.42. The Bertz CT molecular complexity index is 845. The molecule has 0 unspecified atom stereocenters. The average Bonchev–Trinajstić information content (AvgIpc) is 2.41. The van der Waals surface area contributed by atoms with Crippen molar-refractivity contribution in [1.82, 2.24) is 0 Å². The summed E-state index contributed by atoms with van der Waals surface area (Å²) in [5, 5.41) is -0.990. The molecule has 0 aliphatic carbocycles. The molecular weight excluding hydrogens is 358 g/mol. The first-order chi connectivity index (χ1) is 10.8. The zero-order chi connectivity index (χ0) is 18.4. The maximum Gasteiger partial charge on any atom is 0.358 e. The molecule has 0 saturated carbocycles. The van der Waals surface area contributed by atoms with Gasteiger partial charge in [-0.3, -0.25) is 9.13 Å². The average molecular weight is 374 g/mol. The summed E-state index contributed by atoms with van der Waals surface area (Å²) in [5.41, 5.74) is 22.1. The molecule has 130 valence electrons. The molecule has 2 aromatic rings. The van der Waals surface area contributed by atoms with Crippen LogP contribution in [0.15, 0.2) is 24.3 Å². The minimum absolute atomic E-state index is 0.0982. The Balaban J connectivity index is 2.79. The van der Waals surface area contributed by atoms with Crippen molar-refractivity contribution in [3.63, 3.8) is 0 Å². The zero-order valence-corrected chi connectivity index (χ0v) is 13.9. The predicted molar refractivity (Wildman–Crippen MR) is 92.9 cm³/mol. The van der Waals surface area contributed by atoms with Gasteiger partial charge in [-0.25, -0.2) is 0 Å². The van der Waals surface area contributed by atoms with Gasteiger partial charge in [0.05, 0.1) is 33.4 Å². The molecule has 0 spiro atoms. The summed E-state index contributed by atoms with van der Waals surface area (Å²) < 4.78 is 23.1. The molecule has 0 radical (unpaired) electrons. The molecule has 0 atom stereocenters. The van der Waals surface area contributed by atoms with Gasteiger partial charge < -0.3 is 42.5 Å². The van der Waals surface area contributed by atoms with Gasteiger partial charge in [-0.2, -0.15) is 0 Å². The van der Waals surface area contributed by atoms with E-state index in [1.807, 2.05) is 0 Å². The Morgan fingerprint density at radius 3 is 1.17 bits per heavy atom. The molecule has 12 heteroatoms. The standard InChI is InChI=1S/C12H16N4O6P2/c13-7-1-5(3-9(11(7)15)23(17,18)19)6-2-8(14)12(16)10(4-6)24(20,21)22/h1-4H,13-16H2,(H2,17,18,19)(H2,20,21,22). The van der Waals surface area contributed by atoms with E-state index in [4.69, 9.17) is 22.9 Å². The van der Waals surface area contributed by atoms with Gasteiger partial charge in [-0.05, 0) is 35.4 Å². The number of nitrogens with two attached hydrogens (primary N) is 4. The first-order valence-electron chi connectivity index (χ1n) is 6.33. The van der Waals surface area contributed by atoms with Gasteiger partial charge in [0.15, 0.2) is 0 Å². The minimum Gasteiger partial charge on any atom is -0.397 e. The lowest BCUT2D eigenvalue weighted by Crippen LogP contribution is -2.15. The van der Waals surface area contributed by atoms with Crippen molar-refractivity contribution in [1.29, 1.82) is 0 Å². The highest BCUT2D eigenvalue weighted by atomic mass is 31.2. The van der Waals surface area contributed by atoms with Crippen LogP contribution in [0.4, 0.5) is 22.7 Å². The lowest BCUT2D eigenvalue weighted by atomic mass is 10.0. The number of hydrogen-bond acceptors (Lipinski definition) is 6. The maximum absolute atomic E-state index is 11.5. The minimum atomic E-state index is -4.71. The number of benzene rings is 2. The first kappa shape index (κ1) is 18.3. The molecule has 0 saturated heterocycles. The van der Waals surface area contributed by atoms with E-state index in [1.165, 1.54) is 12.1 Å². The van der Waals surface area contributed by atoms with Crippen LogP contribution in [0.3, 0.4) is 0 Å². The normalized spacial score (nSPS) is 12.3. The van der Waals surface area contributed by atoms with Crippen molar-refractivity contribution in [2.45, 2.75) is 0 Å². The first-order valence-corrected chi connectivity index (χ1v) is 9.55. The van der Waals surface area contributed by atoms with E-state index in [-0.39, 0.29) is 33.9 Å². The fourth-order valence-electron chi connectivity index (χ4n) is 2.14. The van der Waals surface area contributed by atoms with Crippen LogP contribution in [-0.2, 0) is 9.13 Å². The molecular formula is C12H16N4O6P2. The van der Waals surface area contributed by atoms with Crippen molar-refractivity contribution in [2.75, 3.05) is 22.9 Å². The molecule has 0 bridgehead atoms. The third-order valence-corrected chi connectivity index (χ3v) is 5.34. The quantitative estimate of drug-likeness (QED) is 0.249. The summed E-state index contributed by atoms with van der Waals surface area (Å²) >= 11 is 0. The Morgan fingerprint density at radius 2 is 0.917 bits per heavy atom. The molecule has 0 amide bonds. The summed E-state index contributed by atoms with van der Waals surface area (Å²) in [5.74, 6) is 0. The topological polar surface area (TPSA) is 219 Å². The fraction of sp³-hybridized carbons (Fsp3) is 0. The lowest BCUT2D eigenvalue weighted by molar-refractivity contribution is 0.385. The smallest absolute Gasteiger partial charge is 0.358 e. The van der Waals surface area contributed by atoms with Crippen LogP contribution in [0.5, 0.6) is 0 Å². The van der Waals surface area contributed by atoms with E-state index in [9.17, 15) is 28.7 Å². The highest BCUT2D eigenvalue weighted by Gasteiger charge is 2.26. The highest BCUT2D eigenvalue weighted by Crippen LogP contribution is 2.42. The molecule has 0 aromatic heterocycles. The van der Waals surface area contributed by atoms with Crippen LogP contribution in [-0.4, -0.2) is 19.6 Å². The van der Waals surface area contributed by atoms with E-state index < -0.39 is 25.8 Å². The second kappa shape index (κ2) is 5.78. The highest BCUT2D eigenvalue weighted by molar-refractivity contribution is 7.61. The second-order valence-electron chi connectivity index (χ2n) is 5.08. The molecule has 0 heterocycles. The van der Waals surface area contributed by atoms with Gasteiger partial charge in [0.1, 0.15) is 0 Å². The van der Waals surface area contributed by atoms with Gasteiger partial charge in [-0.1, -0.05) is 0 Å². The molecule has 0 fully saturated rings. The Kier molecular flexibility index (Phi) is 4.41. The van der Waals surface area contributed by atoms with Gasteiger partial charge >= 0.3 is 15.2 Å². The third-order valence-electron chi connectivity index (χ3n) is 3.34. The van der Waals surface area contributed by atoms with Crippen molar-refractivity contribution in [3.05, 3.63) is 24.3 Å². The molecule has 10 nitrogen and oxygen atoms in total. The Morgan fingerprint density at radius 1 is 0.625 bits per heavy atom. The van der Waals surface area contributed by atoms with Gasteiger partial charge in [-0.15, -0.1) is 0 Å². The number of anilines is 4. The Hall–Kier alpha value is -2.06. The van der Waals surface area contributed by atoms with Crippen LogP contribution in [0.1, 0.15) is 0 Å². The van der Waals surface area contributed by atoms with E-state index in [0.717, 1.165) is 12.1 Å². The predicted octanol–water partition coefficient (Wildman–Crippen LogP) is -0.712. The molecule has 2 rings (SSSR count). The van der Waals surface area contributed by atoms with Gasteiger partial charge in [0.2, 0.25) is 0 Å². The lowest BCUT2D eigenvalue weighted by Gasteiger charge is -2.16. The van der Waals surface area contributed by atoms with E-state index in [2.05, 4.69) is 0 Å². The van der Waals surface area contributed by atoms with Crippen LogP contribution in [0.2, 0.25) is 0 Å². The van der Waals surface area contributed by atoms with Crippen molar-refractivity contribution < 1.29 is 28.7 Å². The van der Waals surface area contributed by atoms with Gasteiger partial charge in [0.25, 0.3) is 0 Å². The van der Waals surface area contributed by atoms with Crippen LogP contribution >= 0.6 is 15.2 Å². The maximum atomic E-state index is 11.5. The zero-order valence-electron chi connectivity index (χ0n) is 12.1. The molecule has 12 N–H and O–H groups in total. The summed E-state index contributed by atoms with van der Waals surface area (Å²) in [6.07, 6.45) is 0. The number of hydrogen-bond donors (Lipinski definition) is 8. The monoisotopic (exact) mass is 374 g/mol. The number of nitrogen functional groups attached to an aromatic ring is 4. The summed E-state index contributed by atoms with van der Waals surface area (Å²) in [6, 6.07) is 4.79. The number of rotatable bonds is 3. The largest absolute Gasteiger partial charge is 0.397 e. The fourth-order valence-corrected chi connectivity index (χ4v) is 3.64. The van der Waals surface area contributed by atoms with Crippen molar-refractivity contribution >= 4 is 48.6 Å². The molecule has 0 aliphatic rings. The molecule has 2 aromatic carbocycles. The van der Waals surface area contributed by atoms with E-state index in [1.54, 1.807) is 0 Å². The molecule has 24 heavy (non-hydrogen) atoms. The van der Waals surface area contributed by atoms with Crippen molar-refractivity contribution in [2.24, 2.45) is 0 Å².